The maximum atomic E-state index is 10.6. The van der Waals surface area contributed by atoms with Gasteiger partial charge in [0, 0.05) is 0 Å². The third-order valence-corrected chi connectivity index (χ3v) is 1.33. The van der Waals surface area contributed by atoms with Gasteiger partial charge in [-0.25, -0.2) is 0 Å². The van der Waals surface area contributed by atoms with Gasteiger partial charge in [0.15, 0.2) is 5.78 Å². The molecule has 2 nitrogen and oxygen atoms in total. The van der Waals surface area contributed by atoms with Gasteiger partial charge < -0.3 is 4.42 Å². The molecule has 0 amide bonds. The summed E-state index contributed by atoms with van der Waals surface area (Å²) in [6.45, 7) is 3.37. The highest BCUT2D eigenvalue weighted by Gasteiger charge is 1.97. The van der Waals surface area contributed by atoms with Gasteiger partial charge in [-0.15, -0.1) is 0 Å². The summed E-state index contributed by atoms with van der Waals surface area (Å²) in [4.78, 5) is 10.6. The molecule has 1 aromatic heterocycles. The number of ketones is 1. The quantitative estimate of drug-likeness (QED) is 0.605. The van der Waals surface area contributed by atoms with Gasteiger partial charge in [-0.3, -0.25) is 4.79 Å². The molecule has 58 valence electrons. The summed E-state index contributed by atoms with van der Waals surface area (Å²) in [5, 5.41) is 0. The topological polar surface area (TPSA) is 30.2 Å². The Morgan fingerprint density at radius 1 is 1.55 bits per heavy atom. The molecule has 0 aliphatic rings. The number of rotatable bonds is 2. The largest absolute Gasteiger partial charge is 0.465 e. The van der Waals surface area contributed by atoms with Crippen molar-refractivity contribution in [2.45, 2.75) is 13.8 Å². The minimum absolute atomic E-state index is 0.0406. The average Bonchev–Trinajstić information content (AvgIpc) is 2.35. The SMILES string of the molecule is CC(=O)/C=C(\C)c1ccco1. The molecule has 0 unspecified atom stereocenters. The molecule has 0 bridgehead atoms. The third-order valence-electron chi connectivity index (χ3n) is 1.33. The van der Waals surface area contributed by atoms with E-state index in [0.717, 1.165) is 11.3 Å². The zero-order valence-corrected chi connectivity index (χ0v) is 6.63. The Bertz CT molecular complexity index is 268. The second-order valence-electron chi connectivity index (χ2n) is 2.42. The number of furan rings is 1. The van der Waals surface area contributed by atoms with E-state index in [2.05, 4.69) is 0 Å². The Kier molecular flexibility index (Phi) is 2.26. The highest BCUT2D eigenvalue weighted by molar-refractivity contribution is 5.94. The van der Waals surface area contributed by atoms with Gasteiger partial charge in [0.1, 0.15) is 5.76 Å². The van der Waals surface area contributed by atoms with Crippen LogP contribution in [0.1, 0.15) is 19.6 Å². The van der Waals surface area contributed by atoms with Crippen LogP contribution in [0, 0.1) is 0 Å². The predicted octanol–water partition coefficient (Wildman–Crippen LogP) is 2.27. The van der Waals surface area contributed by atoms with Crippen molar-refractivity contribution in [2.75, 3.05) is 0 Å². The normalized spacial score (nSPS) is 11.6. The molecule has 0 radical (unpaired) electrons. The van der Waals surface area contributed by atoms with Crippen molar-refractivity contribution < 1.29 is 9.21 Å². The van der Waals surface area contributed by atoms with E-state index in [1.54, 1.807) is 18.4 Å². The van der Waals surface area contributed by atoms with E-state index < -0.39 is 0 Å². The molecule has 11 heavy (non-hydrogen) atoms. The zero-order chi connectivity index (χ0) is 8.27. The first-order valence-electron chi connectivity index (χ1n) is 3.43. The van der Waals surface area contributed by atoms with E-state index in [1.165, 1.54) is 6.92 Å². The Balaban J connectivity index is 2.86. The molecular formula is C9H10O2. The van der Waals surface area contributed by atoms with Gasteiger partial charge in [0.25, 0.3) is 0 Å². The Hall–Kier alpha value is -1.31. The lowest BCUT2D eigenvalue weighted by Gasteiger charge is -1.91. The van der Waals surface area contributed by atoms with Crippen LogP contribution in [0.3, 0.4) is 0 Å². The van der Waals surface area contributed by atoms with Crippen molar-refractivity contribution in [1.82, 2.24) is 0 Å². The van der Waals surface area contributed by atoms with Crippen molar-refractivity contribution in [2.24, 2.45) is 0 Å². The number of allylic oxidation sites excluding steroid dienone is 2. The molecule has 0 fully saturated rings. The number of carbonyl (C=O) groups excluding carboxylic acids is 1. The van der Waals surface area contributed by atoms with E-state index in [4.69, 9.17) is 4.42 Å². The molecule has 0 saturated carbocycles. The molecule has 1 heterocycles. The van der Waals surface area contributed by atoms with Gasteiger partial charge in [-0.1, -0.05) is 0 Å². The molecule has 0 spiro atoms. The Morgan fingerprint density at radius 2 is 2.27 bits per heavy atom. The monoisotopic (exact) mass is 150 g/mol. The second kappa shape index (κ2) is 3.19. The van der Waals surface area contributed by atoms with E-state index in [0.29, 0.717) is 0 Å². The van der Waals surface area contributed by atoms with Gasteiger partial charge in [0.2, 0.25) is 0 Å². The second-order valence-corrected chi connectivity index (χ2v) is 2.42. The van der Waals surface area contributed by atoms with Crippen LogP contribution in [0.15, 0.2) is 28.9 Å². The van der Waals surface area contributed by atoms with Crippen LogP contribution in [0.5, 0.6) is 0 Å². The van der Waals surface area contributed by atoms with Crippen LogP contribution in [0.4, 0.5) is 0 Å². The minimum Gasteiger partial charge on any atom is -0.465 e. The highest BCUT2D eigenvalue weighted by Crippen LogP contribution is 2.12. The van der Waals surface area contributed by atoms with Crippen molar-refractivity contribution in [3.63, 3.8) is 0 Å². The van der Waals surface area contributed by atoms with E-state index >= 15 is 0 Å². The fourth-order valence-corrected chi connectivity index (χ4v) is 0.879. The van der Waals surface area contributed by atoms with Gasteiger partial charge in [-0.2, -0.15) is 0 Å². The Morgan fingerprint density at radius 3 is 2.73 bits per heavy atom. The standard InChI is InChI=1S/C9H10O2/c1-7(6-8(2)10)9-4-3-5-11-9/h3-6H,1-2H3/b7-6+. The van der Waals surface area contributed by atoms with Crippen molar-refractivity contribution in [3.8, 4) is 0 Å². The molecule has 1 aromatic rings. The van der Waals surface area contributed by atoms with Crippen molar-refractivity contribution >= 4 is 11.4 Å². The van der Waals surface area contributed by atoms with E-state index in [1.807, 2.05) is 13.0 Å². The van der Waals surface area contributed by atoms with Gasteiger partial charge in [-0.05, 0) is 37.6 Å². The maximum Gasteiger partial charge on any atom is 0.153 e. The van der Waals surface area contributed by atoms with Crippen LogP contribution in [0.2, 0.25) is 0 Å². The summed E-state index contributed by atoms with van der Waals surface area (Å²) in [6.07, 6.45) is 3.14. The summed E-state index contributed by atoms with van der Waals surface area (Å²) < 4.78 is 5.08. The fraction of sp³-hybridized carbons (Fsp3) is 0.222. The first kappa shape index (κ1) is 7.79. The summed E-state index contributed by atoms with van der Waals surface area (Å²) in [7, 11) is 0. The molecule has 1 rings (SSSR count). The molecule has 0 aliphatic heterocycles. The van der Waals surface area contributed by atoms with Crippen molar-refractivity contribution in [1.29, 1.82) is 0 Å². The van der Waals surface area contributed by atoms with Crippen LogP contribution in [-0.2, 0) is 4.79 Å². The lowest BCUT2D eigenvalue weighted by atomic mass is 10.2. The lowest BCUT2D eigenvalue weighted by Crippen LogP contribution is -1.83. The summed E-state index contributed by atoms with van der Waals surface area (Å²) in [5.41, 5.74) is 0.863. The van der Waals surface area contributed by atoms with Crippen LogP contribution >= 0.6 is 0 Å². The van der Waals surface area contributed by atoms with Crippen LogP contribution in [-0.4, -0.2) is 5.78 Å². The first-order valence-corrected chi connectivity index (χ1v) is 3.43. The molecular weight excluding hydrogens is 140 g/mol. The molecule has 0 aliphatic carbocycles. The minimum atomic E-state index is 0.0406. The number of carbonyl (C=O) groups is 1. The fourth-order valence-electron chi connectivity index (χ4n) is 0.879. The molecule has 0 atom stereocenters. The zero-order valence-electron chi connectivity index (χ0n) is 6.63. The van der Waals surface area contributed by atoms with E-state index in [9.17, 15) is 4.79 Å². The van der Waals surface area contributed by atoms with Gasteiger partial charge >= 0.3 is 0 Å². The summed E-state index contributed by atoms with van der Waals surface area (Å²) in [6, 6.07) is 3.63. The van der Waals surface area contributed by atoms with Crippen LogP contribution in [0.25, 0.3) is 5.57 Å². The van der Waals surface area contributed by atoms with Crippen molar-refractivity contribution in [3.05, 3.63) is 30.2 Å². The third kappa shape index (κ3) is 2.08. The predicted molar refractivity (Wildman–Crippen MR) is 43.0 cm³/mol. The lowest BCUT2D eigenvalue weighted by molar-refractivity contribution is -0.112. The molecule has 0 aromatic carbocycles. The molecule has 0 saturated heterocycles. The molecule has 0 N–H and O–H groups in total. The maximum absolute atomic E-state index is 10.6. The average molecular weight is 150 g/mol. The number of hydrogen-bond donors (Lipinski definition) is 0. The van der Waals surface area contributed by atoms with E-state index in [-0.39, 0.29) is 5.78 Å². The summed E-state index contributed by atoms with van der Waals surface area (Å²) in [5.74, 6) is 0.791. The Labute approximate surface area is 65.5 Å². The molecule has 2 heteroatoms. The van der Waals surface area contributed by atoms with Gasteiger partial charge in [0.05, 0.1) is 6.26 Å². The first-order chi connectivity index (χ1) is 5.20. The summed E-state index contributed by atoms with van der Waals surface area (Å²) >= 11 is 0. The highest BCUT2D eigenvalue weighted by atomic mass is 16.3. The number of hydrogen-bond acceptors (Lipinski definition) is 2. The smallest absolute Gasteiger partial charge is 0.153 e. The van der Waals surface area contributed by atoms with Crippen LogP contribution < -0.4 is 0 Å².